The van der Waals surface area contributed by atoms with Gasteiger partial charge in [0.25, 0.3) is 0 Å². The predicted molar refractivity (Wildman–Crippen MR) is 62.1 cm³/mol. The van der Waals surface area contributed by atoms with Crippen LogP contribution in [0, 0.1) is 5.41 Å². The summed E-state index contributed by atoms with van der Waals surface area (Å²) in [6.07, 6.45) is 0.957. The van der Waals surface area contributed by atoms with Crippen molar-refractivity contribution >= 4 is 5.91 Å². The van der Waals surface area contributed by atoms with E-state index >= 15 is 0 Å². The topological polar surface area (TPSA) is 41.1 Å². The molecule has 84 valence electrons. The van der Waals surface area contributed by atoms with E-state index in [-0.39, 0.29) is 11.3 Å². The van der Waals surface area contributed by atoms with Crippen LogP contribution in [0.1, 0.15) is 17.9 Å². The minimum absolute atomic E-state index is 0.193. The van der Waals surface area contributed by atoms with Crippen LogP contribution in [0.15, 0.2) is 30.3 Å². The van der Waals surface area contributed by atoms with Gasteiger partial charge in [-0.25, -0.2) is 0 Å². The highest BCUT2D eigenvalue weighted by molar-refractivity contribution is 5.87. The van der Waals surface area contributed by atoms with Crippen molar-refractivity contribution in [3.8, 4) is 0 Å². The van der Waals surface area contributed by atoms with E-state index in [1.165, 1.54) is 5.56 Å². The summed E-state index contributed by atoms with van der Waals surface area (Å²) in [7, 11) is 0. The molecule has 0 bridgehead atoms. The van der Waals surface area contributed by atoms with Crippen molar-refractivity contribution in [2.45, 2.75) is 12.3 Å². The van der Waals surface area contributed by atoms with Crippen LogP contribution in [0.5, 0.6) is 0 Å². The molecule has 0 aromatic heterocycles. The van der Waals surface area contributed by atoms with E-state index < -0.39 is 0 Å². The summed E-state index contributed by atoms with van der Waals surface area (Å²) in [5.74, 6) is 0.558. The zero-order valence-electron chi connectivity index (χ0n) is 9.20. The maximum atomic E-state index is 12.0. The normalized spacial score (nSPS) is 33.2. The first-order valence-corrected chi connectivity index (χ1v) is 5.87. The van der Waals surface area contributed by atoms with Gasteiger partial charge < -0.3 is 10.6 Å². The van der Waals surface area contributed by atoms with Gasteiger partial charge in [0.15, 0.2) is 0 Å². The Balaban J connectivity index is 1.99. The Kier molecular flexibility index (Phi) is 2.21. The average molecular weight is 216 g/mol. The highest BCUT2D eigenvalue weighted by Gasteiger charge is 2.52. The number of hydrogen-bond donors (Lipinski definition) is 2. The van der Waals surface area contributed by atoms with Gasteiger partial charge in [-0.15, -0.1) is 0 Å². The van der Waals surface area contributed by atoms with Gasteiger partial charge in [0.05, 0.1) is 5.41 Å². The minimum Gasteiger partial charge on any atom is -0.355 e. The van der Waals surface area contributed by atoms with Crippen LogP contribution in [0.3, 0.4) is 0 Å². The fourth-order valence-electron chi connectivity index (χ4n) is 3.05. The van der Waals surface area contributed by atoms with Crippen LogP contribution in [-0.4, -0.2) is 25.5 Å². The molecule has 0 unspecified atom stereocenters. The molecule has 2 aliphatic heterocycles. The SMILES string of the molecule is O=C1NC[C@@H](c2ccccc2)[C@@]12CCNC2. The lowest BCUT2D eigenvalue weighted by molar-refractivity contribution is -0.127. The zero-order valence-corrected chi connectivity index (χ0v) is 9.20. The molecule has 0 aliphatic carbocycles. The zero-order chi connectivity index (χ0) is 11.0. The number of hydrogen-bond acceptors (Lipinski definition) is 2. The van der Waals surface area contributed by atoms with Gasteiger partial charge in [0.1, 0.15) is 0 Å². The monoisotopic (exact) mass is 216 g/mol. The van der Waals surface area contributed by atoms with E-state index in [4.69, 9.17) is 0 Å². The van der Waals surface area contributed by atoms with Crippen molar-refractivity contribution in [1.29, 1.82) is 0 Å². The highest BCUT2D eigenvalue weighted by atomic mass is 16.2. The summed E-state index contributed by atoms with van der Waals surface area (Å²) >= 11 is 0. The summed E-state index contributed by atoms with van der Waals surface area (Å²) in [4.78, 5) is 12.0. The second-order valence-electron chi connectivity index (χ2n) is 4.76. The Hall–Kier alpha value is -1.35. The molecule has 2 N–H and O–H groups in total. The van der Waals surface area contributed by atoms with E-state index in [2.05, 4.69) is 22.8 Å². The Bertz CT molecular complexity index is 396. The van der Waals surface area contributed by atoms with Gasteiger partial charge in [-0.2, -0.15) is 0 Å². The third kappa shape index (κ3) is 1.28. The molecule has 3 nitrogen and oxygen atoms in total. The first kappa shape index (κ1) is 9.85. The minimum atomic E-state index is -0.193. The van der Waals surface area contributed by atoms with Gasteiger partial charge in [-0.1, -0.05) is 30.3 Å². The number of nitrogens with one attached hydrogen (secondary N) is 2. The molecule has 0 saturated carbocycles. The Morgan fingerprint density at radius 1 is 1.25 bits per heavy atom. The maximum absolute atomic E-state index is 12.0. The van der Waals surface area contributed by atoms with Gasteiger partial charge in [-0.05, 0) is 18.5 Å². The molecule has 2 aliphatic rings. The molecule has 2 saturated heterocycles. The highest BCUT2D eigenvalue weighted by Crippen LogP contribution is 2.44. The van der Waals surface area contributed by atoms with Crippen LogP contribution in [0.25, 0.3) is 0 Å². The molecule has 1 amide bonds. The molecule has 16 heavy (non-hydrogen) atoms. The van der Waals surface area contributed by atoms with Gasteiger partial charge in [0.2, 0.25) is 5.91 Å². The van der Waals surface area contributed by atoms with E-state index in [1.807, 2.05) is 18.2 Å². The second kappa shape index (κ2) is 3.59. The molecule has 1 spiro atoms. The molecule has 3 rings (SSSR count). The summed E-state index contributed by atoms with van der Waals surface area (Å²) in [6.45, 7) is 2.56. The van der Waals surface area contributed by atoms with Crippen molar-refractivity contribution in [2.24, 2.45) is 5.41 Å². The smallest absolute Gasteiger partial charge is 0.228 e. The number of carbonyl (C=O) groups is 1. The molecule has 2 heterocycles. The third-order valence-electron chi connectivity index (χ3n) is 3.98. The molecule has 1 aromatic carbocycles. The maximum Gasteiger partial charge on any atom is 0.228 e. The van der Waals surface area contributed by atoms with Crippen molar-refractivity contribution in [1.82, 2.24) is 10.6 Å². The second-order valence-corrected chi connectivity index (χ2v) is 4.76. The Labute approximate surface area is 95.2 Å². The van der Waals surface area contributed by atoms with Gasteiger partial charge >= 0.3 is 0 Å². The van der Waals surface area contributed by atoms with Crippen molar-refractivity contribution in [3.05, 3.63) is 35.9 Å². The molecule has 2 fully saturated rings. The quantitative estimate of drug-likeness (QED) is 0.731. The summed E-state index contributed by atoms with van der Waals surface area (Å²) < 4.78 is 0. The van der Waals surface area contributed by atoms with Crippen LogP contribution < -0.4 is 10.6 Å². The van der Waals surface area contributed by atoms with Crippen LogP contribution in [0.4, 0.5) is 0 Å². The van der Waals surface area contributed by atoms with Crippen molar-refractivity contribution in [3.63, 3.8) is 0 Å². The number of rotatable bonds is 1. The van der Waals surface area contributed by atoms with Crippen molar-refractivity contribution in [2.75, 3.05) is 19.6 Å². The molecular weight excluding hydrogens is 200 g/mol. The van der Waals surface area contributed by atoms with Crippen molar-refractivity contribution < 1.29 is 4.79 Å². The summed E-state index contributed by atoms with van der Waals surface area (Å²) in [6, 6.07) is 10.4. The lowest BCUT2D eigenvalue weighted by atomic mass is 9.73. The van der Waals surface area contributed by atoms with Crippen LogP contribution in [-0.2, 0) is 4.79 Å². The molecule has 3 heteroatoms. The van der Waals surface area contributed by atoms with E-state index in [1.54, 1.807) is 0 Å². The Morgan fingerprint density at radius 3 is 2.75 bits per heavy atom. The number of amides is 1. The molecule has 1 aromatic rings. The summed E-state index contributed by atoms with van der Waals surface area (Å²) in [5, 5.41) is 6.35. The first-order chi connectivity index (χ1) is 7.83. The van der Waals surface area contributed by atoms with E-state index in [9.17, 15) is 4.79 Å². The third-order valence-corrected chi connectivity index (χ3v) is 3.98. The number of carbonyl (C=O) groups excluding carboxylic acids is 1. The van der Waals surface area contributed by atoms with Gasteiger partial charge in [-0.3, -0.25) is 4.79 Å². The number of benzene rings is 1. The fraction of sp³-hybridized carbons (Fsp3) is 0.462. The summed E-state index contributed by atoms with van der Waals surface area (Å²) in [5.41, 5.74) is 1.09. The lowest BCUT2D eigenvalue weighted by Gasteiger charge is -2.27. The van der Waals surface area contributed by atoms with E-state index in [0.717, 1.165) is 26.1 Å². The lowest BCUT2D eigenvalue weighted by Crippen LogP contribution is -2.36. The molecule has 0 radical (unpaired) electrons. The average Bonchev–Trinajstić information content (AvgIpc) is 2.92. The Morgan fingerprint density at radius 2 is 2.06 bits per heavy atom. The van der Waals surface area contributed by atoms with Gasteiger partial charge in [0, 0.05) is 19.0 Å². The largest absolute Gasteiger partial charge is 0.355 e. The molecule has 2 atom stereocenters. The fourth-order valence-corrected chi connectivity index (χ4v) is 3.05. The standard InChI is InChI=1S/C13H16N2O/c16-12-13(6-7-14-9-13)11(8-15-12)10-4-2-1-3-5-10/h1-5,11,14H,6-9H2,(H,15,16)/t11-,13-/m0/s1. The van der Waals surface area contributed by atoms with Crippen LogP contribution >= 0.6 is 0 Å². The van der Waals surface area contributed by atoms with E-state index in [0.29, 0.717) is 5.92 Å². The van der Waals surface area contributed by atoms with Crippen LogP contribution in [0.2, 0.25) is 0 Å². The first-order valence-electron chi connectivity index (χ1n) is 5.87. The molecular formula is C13H16N2O. The predicted octanol–water partition coefficient (Wildman–Crippen LogP) is 0.880.